The Kier molecular flexibility index (Phi) is 6.25. The first-order chi connectivity index (χ1) is 10.0. The van der Waals surface area contributed by atoms with Gasteiger partial charge < -0.3 is 14.2 Å². The first-order valence-corrected chi connectivity index (χ1v) is 6.28. The summed E-state index contributed by atoms with van der Waals surface area (Å²) < 4.78 is 14.3. The summed E-state index contributed by atoms with van der Waals surface area (Å²) in [4.78, 5) is 43.4. The summed E-state index contributed by atoms with van der Waals surface area (Å²) in [6.07, 6.45) is 1.10. The van der Waals surface area contributed by atoms with Crippen molar-refractivity contribution in [2.45, 2.75) is 13.8 Å². The van der Waals surface area contributed by atoms with Gasteiger partial charge in [0.15, 0.2) is 0 Å². The molecular formula is C13H16N2O6. The van der Waals surface area contributed by atoms with E-state index in [0.717, 1.165) is 6.33 Å². The minimum absolute atomic E-state index is 0.0368. The van der Waals surface area contributed by atoms with Crippen molar-refractivity contribution in [3.05, 3.63) is 18.1 Å². The Balaban J connectivity index is 3.08. The van der Waals surface area contributed by atoms with Gasteiger partial charge >= 0.3 is 11.9 Å². The predicted octanol–water partition coefficient (Wildman–Crippen LogP) is 0.410. The zero-order valence-electron chi connectivity index (χ0n) is 12.0. The van der Waals surface area contributed by atoms with Crippen molar-refractivity contribution in [2.24, 2.45) is 5.92 Å². The van der Waals surface area contributed by atoms with E-state index in [4.69, 9.17) is 14.2 Å². The minimum Gasteiger partial charge on any atom is -0.481 e. The van der Waals surface area contributed by atoms with Crippen molar-refractivity contribution in [1.82, 2.24) is 9.97 Å². The highest BCUT2D eigenvalue weighted by Crippen LogP contribution is 2.14. The molecule has 1 aromatic heterocycles. The lowest BCUT2D eigenvalue weighted by Gasteiger charge is -2.13. The third kappa shape index (κ3) is 4.23. The Morgan fingerprint density at radius 3 is 2.14 bits per heavy atom. The summed E-state index contributed by atoms with van der Waals surface area (Å²) in [5.41, 5.74) is -0.132. The fraction of sp³-hybridized carbons (Fsp3) is 0.462. The molecule has 0 saturated heterocycles. The fourth-order valence-electron chi connectivity index (χ4n) is 1.50. The van der Waals surface area contributed by atoms with Gasteiger partial charge in [-0.05, 0) is 13.8 Å². The van der Waals surface area contributed by atoms with Gasteiger partial charge in [-0.15, -0.1) is 0 Å². The first kappa shape index (κ1) is 16.5. The maximum absolute atomic E-state index is 12.3. The molecule has 0 unspecified atom stereocenters. The summed E-state index contributed by atoms with van der Waals surface area (Å²) in [6, 6.07) is 1.23. The molecule has 0 atom stereocenters. The number of ketones is 1. The molecule has 0 bridgehead atoms. The molecule has 1 heterocycles. The lowest BCUT2D eigenvalue weighted by molar-refractivity contribution is -0.158. The summed E-state index contributed by atoms with van der Waals surface area (Å²) >= 11 is 0. The van der Waals surface area contributed by atoms with Crippen LogP contribution in [0.3, 0.4) is 0 Å². The average molecular weight is 296 g/mol. The molecule has 0 saturated carbocycles. The Morgan fingerprint density at radius 2 is 1.67 bits per heavy atom. The van der Waals surface area contributed by atoms with Gasteiger partial charge in [-0.1, -0.05) is 0 Å². The van der Waals surface area contributed by atoms with E-state index in [1.807, 2.05) is 0 Å². The van der Waals surface area contributed by atoms with Crippen LogP contribution in [0.4, 0.5) is 0 Å². The molecule has 1 rings (SSSR count). The molecule has 1 aromatic rings. The van der Waals surface area contributed by atoms with E-state index < -0.39 is 23.6 Å². The number of methoxy groups -OCH3 is 1. The molecule has 114 valence electrons. The van der Waals surface area contributed by atoms with E-state index in [2.05, 4.69) is 9.97 Å². The Labute approximate surface area is 121 Å². The predicted molar refractivity (Wildman–Crippen MR) is 69.7 cm³/mol. The van der Waals surface area contributed by atoms with Crippen LogP contribution in [0.15, 0.2) is 12.4 Å². The number of esters is 2. The largest absolute Gasteiger partial charge is 0.481 e. The van der Waals surface area contributed by atoms with Gasteiger partial charge in [0.25, 0.3) is 0 Å². The maximum Gasteiger partial charge on any atom is 0.328 e. The SMILES string of the molecule is CCOC(=O)C(C(=O)OCC)C(=O)c1cc(OC)ncn1. The Hall–Kier alpha value is -2.51. The highest BCUT2D eigenvalue weighted by Gasteiger charge is 2.38. The summed E-state index contributed by atoms with van der Waals surface area (Å²) in [5.74, 6) is -4.34. The lowest BCUT2D eigenvalue weighted by Crippen LogP contribution is -2.35. The molecular weight excluding hydrogens is 280 g/mol. The third-order valence-electron chi connectivity index (χ3n) is 2.41. The molecule has 0 fully saturated rings. The van der Waals surface area contributed by atoms with Gasteiger partial charge in [-0.2, -0.15) is 0 Å². The van der Waals surface area contributed by atoms with E-state index in [-0.39, 0.29) is 24.8 Å². The Morgan fingerprint density at radius 1 is 1.10 bits per heavy atom. The van der Waals surface area contributed by atoms with Crippen LogP contribution in [0.2, 0.25) is 0 Å². The molecule has 0 aliphatic rings. The fourth-order valence-corrected chi connectivity index (χ4v) is 1.50. The molecule has 8 nitrogen and oxygen atoms in total. The van der Waals surface area contributed by atoms with E-state index in [1.165, 1.54) is 13.2 Å². The molecule has 0 aliphatic heterocycles. The standard InChI is InChI=1S/C13H16N2O6/c1-4-20-12(17)10(13(18)21-5-2)11(16)8-6-9(19-3)15-7-14-8/h6-7,10H,4-5H2,1-3H3. The number of aromatic nitrogens is 2. The monoisotopic (exact) mass is 296 g/mol. The zero-order valence-corrected chi connectivity index (χ0v) is 12.0. The van der Waals surface area contributed by atoms with Crippen LogP contribution in [0.25, 0.3) is 0 Å². The van der Waals surface area contributed by atoms with Gasteiger partial charge in [0.05, 0.1) is 20.3 Å². The summed E-state index contributed by atoms with van der Waals surface area (Å²) in [7, 11) is 1.37. The first-order valence-electron chi connectivity index (χ1n) is 6.28. The minimum atomic E-state index is -1.70. The molecule has 0 aromatic carbocycles. The van der Waals surface area contributed by atoms with Crippen molar-refractivity contribution in [3.8, 4) is 5.88 Å². The molecule has 0 aliphatic carbocycles. The molecule has 8 heteroatoms. The zero-order chi connectivity index (χ0) is 15.8. The number of carbonyl (C=O) groups is 3. The quantitative estimate of drug-likeness (QED) is 0.405. The summed E-state index contributed by atoms with van der Waals surface area (Å²) in [6.45, 7) is 3.21. The molecule has 0 spiro atoms. The lowest BCUT2D eigenvalue weighted by atomic mass is 10.0. The van der Waals surface area contributed by atoms with Crippen molar-refractivity contribution >= 4 is 17.7 Å². The number of nitrogens with zero attached hydrogens (tertiary/aromatic N) is 2. The molecule has 21 heavy (non-hydrogen) atoms. The Bertz CT molecular complexity index is 513. The van der Waals surface area contributed by atoms with Crippen LogP contribution in [0, 0.1) is 5.92 Å². The molecule has 0 amide bonds. The van der Waals surface area contributed by atoms with Crippen LogP contribution < -0.4 is 4.74 Å². The normalized spacial score (nSPS) is 10.1. The molecule has 0 N–H and O–H groups in total. The third-order valence-corrected chi connectivity index (χ3v) is 2.41. The van der Waals surface area contributed by atoms with E-state index in [1.54, 1.807) is 13.8 Å². The van der Waals surface area contributed by atoms with Crippen molar-refractivity contribution < 1.29 is 28.6 Å². The number of hydrogen-bond donors (Lipinski definition) is 0. The second kappa shape index (κ2) is 7.93. The van der Waals surface area contributed by atoms with Crippen LogP contribution in [-0.4, -0.2) is 48.0 Å². The smallest absolute Gasteiger partial charge is 0.328 e. The highest BCUT2D eigenvalue weighted by molar-refractivity contribution is 6.20. The second-order valence-electron chi connectivity index (χ2n) is 3.75. The highest BCUT2D eigenvalue weighted by atomic mass is 16.6. The topological polar surface area (TPSA) is 105 Å². The van der Waals surface area contributed by atoms with E-state index in [9.17, 15) is 14.4 Å². The number of hydrogen-bond acceptors (Lipinski definition) is 8. The van der Waals surface area contributed by atoms with Crippen molar-refractivity contribution in [3.63, 3.8) is 0 Å². The van der Waals surface area contributed by atoms with Crippen LogP contribution in [-0.2, 0) is 19.1 Å². The van der Waals surface area contributed by atoms with Crippen LogP contribution in [0.5, 0.6) is 5.88 Å². The van der Waals surface area contributed by atoms with E-state index >= 15 is 0 Å². The molecule has 0 radical (unpaired) electrons. The number of rotatable bonds is 7. The summed E-state index contributed by atoms with van der Waals surface area (Å²) in [5, 5.41) is 0. The second-order valence-corrected chi connectivity index (χ2v) is 3.75. The van der Waals surface area contributed by atoms with Gasteiger partial charge in [0.2, 0.25) is 17.6 Å². The van der Waals surface area contributed by atoms with Gasteiger partial charge in [-0.3, -0.25) is 14.4 Å². The van der Waals surface area contributed by atoms with Gasteiger partial charge in [0, 0.05) is 6.07 Å². The van der Waals surface area contributed by atoms with E-state index in [0.29, 0.717) is 0 Å². The van der Waals surface area contributed by atoms with Gasteiger partial charge in [0.1, 0.15) is 12.0 Å². The van der Waals surface area contributed by atoms with Crippen LogP contribution in [0.1, 0.15) is 24.3 Å². The number of Topliss-reactive ketones (excluding diaryl/α,β-unsaturated/α-hetero) is 1. The maximum atomic E-state index is 12.3. The van der Waals surface area contributed by atoms with Crippen molar-refractivity contribution in [1.29, 1.82) is 0 Å². The number of carbonyl (C=O) groups excluding carboxylic acids is 3. The van der Waals surface area contributed by atoms with Gasteiger partial charge in [-0.25, -0.2) is 9.97 Å². The van der Waals surface area contributed by atoms with Crippen molar-refractivity contribution in [2.75, 3.05) is 20.3 Å². The van der Waals surface area contributed by atoms with Crippen LogP contribution >= 0.6 is 0 Å². The average Bonchev–Trinajstić information content (AvgIpc) is 2.48. The number of ether oxygens (including phenoxy) is 3.